The molecule has 5 nitrogen and oxygen atoms in total. The van der Waals surface area contributed by atoms with E-state index in [0.29, 0.717) is 23.5 Å². The van der Waals surface area contributed by atoms with E-state index in [-0.39, 0.29) is 29.9 Å². The van der Waals surface area contributed by atoms with Gasteiger partial charge in [-0.1, -0.05) is 48.9 Å². The molecule has 0 amide bonds. The highest BCUT2D eigenvalue weighted by atomic mass is 35.5. The van der Waals surface area contributed by atoms with Crippen molar-refractivity contribution in [1.29, 1.82) is 0 Å². The number of hydrogen-bond donors (Lipinski definition) is 1. The van der Waals surface area contributed by atoms with Crippen LogP contribution in [0.4, 0.5) is 11.4 Å². The van der Waals surface area contributed by atoms with E-state index < -0.39 is 0 Å². The van der Waals surface area contributed by atoms with Gasteiger partial charge in [-0.2, -0.15) is 0 Å². The fourth-order valence-corrected chi connectivity index (χ4v) is 9.25. The standard InChI is InChI=1S/C20H26O3.C19H23ClN2.ClH/c1-12(21)23-19-8-7-18-17-5-3-13-11-14(22)4-6-15(13)16(17)9-10-20(18,19)2;1-21(2)12-5-13-22-18-7-4-3-6-15(18)8-9-16-10-11-17(20)14-19(16)22;/h4,6,11,16-19,22H,3,5,7-10H2,1-2H3;3-4,6-7,10-11,14H,5,8-9,12-13H2,1-2H3;1H. The summed E-state index contributed by atoms with van der Waals surface area (Å²) >= 11 is 6.27. The second-order valence-corrected chi connectivity index (χ2v) is 14.7. The SMILES string of the molecule is CC(=O)OC1CCC2C3CCc4cc(O)ccc4C3CCC12C.CN(C)CCCN1c2ccccc2CCc2ccc(Cl)cc21.Cl. The molecule has 1 aliphatic heterocycles. The quantitative estimate of drug-likeness (QED) is 0.276. The third kappa shape index (κ3) is 7.07. The van der Waals surface area contributed by atoms with Gasteiger partial charge < -0.3 is 19.6 Å². The Morgan fingerprint density at radius 1 is 0.957 bits per heavy atom. The van der Waals surface area contributed by atoms with E-state index >= 15 is 0 Å². The number of rotatable bonds is 5. The van der Waals surface area contributed by atoms with Crippen LogP contribution in [0.1, 0.15) is 80.5 Å². The van der Waals surface area contributed by atoms with Crippen molar-refractivity contribution in [2.24, 2.45) is 17.3 Å². The molecular weight excluding hydrogens is 615 g/mol. The Morgan fingerprint density at radius 3 is 2.48 bits per heavy atom. The zero-order valence-corrected chi connectivity index (χ0v) is 29.4. The molecule has 0 radical (unpaired) electrons. The second kappa shape index (κ2) is 14.6. The molecule has 0 saturated heterocycles. The highest BCUT2D eigenvalue weighted by Gasteiger charge is 2.56. The summed E-state index contributed by atoms with van der Waals surface area (Å²) in [6, 6.07) is 21.0. The van der Waals surface area contributed by atoms with Gasteiger partial charge in [0, 0.05) is 35.3 Å². The molecule has 3 aliphatic carbocycles. The number of hydrogen-bond acceptors (Lipinski definition) is 5. The summed E-state index contributed by atoms with van der Waals surface area (Å²) in [4.78, 5) is 16.1. The molecule has 5 unspecified atom stereocenters. The monoisotopic (exact) mass is 664 g/mol. The minimum Gasteiger partial charge on any atom is -0.508 e. The summed E-state index contributed by atoms with van der Waals surface area (Å²) in [6.45, 7) is 5.99. The van der Waals surface area contributed by atoms with Gasteiger partial charge in [-0.25, -0.2) is 0 Å². The predicted molar refractivity (Wildman–Crippen MR) is 191 cm³/mol. The van der Waals surface area contributed by atoms with Crippen molar-refractivity contribution in [3.8, 4) is 5.75 Å². The van der Waals surface area contributed by atoms with Crippen molar-refractivity contribution in [3.05, 3.63) is 87.9 Å². The van der Waals surface area contributed by atoms with E-state index in [1.54, 1.807) is 0 Å². The van der Waals surface area contributed by atoms with E-state index in [4.69, 9.17) is 16.3 Å². The fourth-order valence-electron chi connectivity index (χ4n) is 9.08. The Labute approximate surface area is 286 Å². The van der Waals surface area contributed by atoms with Gasteiger partial charge in [0.1, 0.15) is 11.9 Å². The van der Waals surface area contributed by atoms with Gasteiger partial charge in [-0.3, -0.25) is 4.79 Å². The van der Waals surface area contributed by atoms with Crippen LogP contribution in [-0.4, -0.2) is 49.3 Å². The fraction of sp³-hybridized carbons (Fsp3) is 0.513. The third-order valence-electron chi connectivity index (χ3n) is 11.2. The molecule has 0 bridgehead atoms. The number of esters is 1. The molecule has 1 N–H and O–H groups in total. The van der Waals surface area contributed by atoms with Crippen LogP contribution in [-0.2, 0) is 28.8 Å². The third-order valence-corrected chi connectivity index (χ3v) is 11.4. The molecule has 5 atom stereocenters. The molecule has 3 aromatic carbocycles. The molecule has 2 fully saturated rings. The van der Waals surface area contributed by atoms with Crippen LogP contribution in [0.15, 0.2) is 60.7 Å². The van der Waals surface area contributed by atoms with Gasteiger partial charge >= 0.3 is 5.97 Å². The Morgan fingerprint density at radius 2 is 1.72 bits per heavy atom. The van der Waals surface area contributed by atoms with Crippen molar-refractivity contribution in [2.75, 3.05) is 32.1 Å². The molecule has 0 aromatic heterocycles. The Hall–Kier alpha value is -2.73. The minimum absolute atomic E-state index is 0. The smallest absolute Gasteiger partial charge is 0.302 e. The largest absolute Gasteiger partial charge is 0.508 e. The summed E-state index contributed by atoms with van der Waals surface area (Å²) in [7, 11) is 4.25. The first-order valence-corrected chi connectivity index (χ1v) is 17.3. The molecule has 1 heterocycles. The molecule has 0 spiro atoms. The number of halogens is 2. The van der Waals surface area contributed by atoms with E-state index in [1.807, 2.05) is 18.2 Å². The molecule has 7 heteroatoms. The van der Waals surface area contributed by atoms with E-state index in [2.05, 4.69) is 73.3 Å². The Balaban J connectivity index is 0.000000178. The van der Waals surface area contributed by atoms with Crippen molar-refractivity contribution in [1.82, 2.24) is 4.90 Å². The highest BCUT2D eigenvalue weighted by Crippen LogP contribution is 2.61. The number of anilines is 2. The molecule has 248 valence electrons. The van der Waals surface area contributed by atoms with Crippen LogP contribution >= 0.6 is 24.0 Å². The van der Waals surface area contributed by atoms with E-state index in [0.717, 1.165) is 56.6 Å². The summed E-state index contributed by atoms with van der Waals surface area (Å²) in [5, 5.41) is 10.6. The zero-order chi connectivity index (χ0) is 31.7. The molecule has 4 aliphatic rings. The molecule has 7 rings (SSSR count). The van der Waals surface area contributed by atoms with Crippen LogP contribution in [0, 0.1) is 17.3 Å². The average molecular weight is 666 g/mol. The Kier molecular flexibility index (Phi) is 11.0. The number of carbonyl (C=O) groups excluding carboxylic acids is 1. The maximum atomic E-state index is 11.4. The van der Waals surface area contributed by atoms with Crippen LogP contribution in [0.2, 0.25) is 5.02 Å². The number of phenols is 1. The summed E-state index contributed by atoms with van der Waals surface area (Å²) in [5.74, 6) is 2.23. The van der Waals surface area contributed by atoms with Gasteiger partial charge in [-0.05, 0) is 149 Å². The number of phenolic OH excluding ortho intramolecular Hbond substituents is 1. The summed E-state index contributed by atoms with van der Waals surface area (Å²) < 4.78 is 5.68. The van der Waals surface area contributed by atoms with Crippen LogP contribution in [0.25, 0.3) is 0 Å². The molecular formula is C39H50Cl2N2O3. The maximum Gasteiger partial charge on any atom is 0.302 e. The number of aromatic hydroxyl groups is 1. The van der Waals surface area contributed by atoms with Crippen molar-refractivity contribution in [3.63, 3.8) is 0 Å². The van der Waals surface area contributed by atoms with Gasteiger partial charge in [0.05, 0.1) is 0 Å². The first-order valence-electron chi connectivity index (χ1n) is 16.9. The van der Waals surface area contributed by atoms with Gasteiger partial charge in [0.2, 0.25) is 0 Å². The predicted octanol–water partition coefficient (Wildman–Crippen LogP) is 9.13. The number of fused-ring (bicyclic) bond motifs is 7. The summed E-state index contributed by atoms with van der Waals surface area (Å²) in [5.41, 5.74) is 8.38. The lowest BCUT2D eigenvalue weighted by atomic mass is 9.55. The molecule has 3 aromatic rings. The van der Waals surface area contributed by atoms with Crippen LogP contribution in [0.5, 0.6) is 5.75 Å². The lowest BCUT2D eigenvalue weighted by Crippen LogP contribution is -2.45. The van der Waals surface area contributed by atoms with E-state index in [9.17, 15) is 9.90 Å². The number of para-hydroxylation sites is 1. The van der Waals surface area contributed by atoms with Gasteiger partial charge in [0.15, 0.2) is 0 Å². The number of nitrogens with zero attached hydrogens (tertiary/aromatic N) is 2. The lowest BCUT2D eigenvalue weighted by molar-refractivity contribution is -0.154. The number of aryl methyl sites for hydroxylation is 3. The first-order chi connectivity index (χ1) is 21.6. The lowest BCUT2D eigenvalue weighted by Gasteiger charge is -2.50. The average Bonchev–Trinajstić information content (AvgIpc) is 3.25. The first kappa shape index (κ1) is 34.6. The van der Waals surface area contributed by atoms with E-state index in [1.165, 1.54) is 59.8 Å². The van der Waals surface area contributed by atoms with Gasteiger partial charge in [-0.15, -0.1) is 12.4 Å². The highest BCUT2D eigenvalue weighted by molar-refractivity contribution is 6.30. The molecule has 2 saturated carbocycles. The number of carbonyl (C=O) groups is 1. The number of benzene rings is 3. The minimum atomic E-state index is -0.136. The maximum absolute atomic E-state index is 11.4. The van der Waals surface area contributed by atoms with Crippen LogP contribution < -0.4 is 4.90 Å². The topological polar surface area (TPSA) is 53.0 Å². The normalized spacial score (nSPS) is 25.7. The Bertz CT molecular complexity index is 1530. The van der Waals surface area contributed by atoms with Crippen molar-refractivity contribution < 1.29 is 14.6 Å². The van der Waals surface area contributed by atoms with Crippen LogP contribution in [0.3, 0.4) is 0 Å². The molecule has 46 heavy (non-hydrogen) atoms. The van der Waals surface area contributed by atoms with Crippen molar-refractivity contribution >= 4 is 41.4 Å². The number of ether oxygens (including phenoxy) is 1. The van der Waals surface area contributed by atoms with Gasteiger partial charge in [0.25, 0.3) is 0 Å². The second-order valence-electron chi connectivity index (χ2n) is 14.2. The zero-order valence-electron chi connectivity index (χ0n) is 27.8. The van der Waals surface area contributed by atoms with Crippen molar-refractivity contribution in [2.45, 2.75) is 83.7 Å². The summed E-state index contributed by atoms with van der Waals surface area (Å²) in [6.07, 6.45) is 10.2.